The van der Waals surface area contributed by atoms with Crippen LogP contribution in [-0.2, 0) is 23.7 Å². The number of unbranched alkanes of at least 4 members (excludes halogenated alkanes) is 49. The smallest absolute Gasteiger partial charge is 0.220 e. The molecule has 9 N–H and O–H groups in total. The van der Waals surface area contributed by atoms with Gasteiger partial charge in [-0.05, 0) is 51.4 Å². The van der Waals surface area contributed by atoms with Gasteiger partial charge in [-0.25, -0.2) is 0 Å². The average Bonchev–Trinajstić information content (AvgIpc) is 0.830. The third kappa shape index (κ3) is 45.7. The Morgan fingerprint density at radius 3 is 1.09 bits per heavy atom. The maximum Gasteiger partial charge on any atom is 0.220 e. The highest BCUT2D eigenvalue weighted by molar-refractivity contribution is 5.76. The number of allylic oxidation sites excluding steroid dienone is 5. The van der Waals surface area contributed by atoms with Gasteiger partial charge in [0.2, 0.25) is 5.91 Å². The standard InChI is InChI=1S/C78H147NO13/c1-3-5-7-9-11-13-15-17-19-21-23-25-27-28-29-30-31-32-33-34-35-36-37-38-40-42-44-46-48-50-52-54-56-58-60-62-70(83)79-66(65-89-77-75(88)73(86)76(69(64-81)91-77)92-78-74(87)72(85)71(84)68(63-80)90-78)67(82)61-59-57-55-53-51-49-47-45-43-41-39-26-24-22-20-18-16-14-12-10-8-6-4-2/h15,17,21,23,59,61,66-69,71-78,80-82,84-88H,3-14,16,18-20,22,24-58,60,62-65H2,1-2H3,(H,79,83)/b17-15-,23-21-,61-59+. The van der Waals surface area contributed by atoms with E-state index in [2.05, 4.69) is 43.5 Å². The fraction of sp³-hybridized carbons (Fsp3) is 0.910. The predicted molar refractivity (Wildman–Crippen MR) is 378 cm³/mol. The van der Waals surface area contributed by atoms with E-state index in [1.54, 1.807) is 6.08 Å². The Morgan fingerprint density at radius 2 is 0.717 bits per heavy atom. The van der Waals surface area contributed by atoms with Crippen LogP contribution in [0.2, 0.25) is 0 Å². The fourth-order valence-electron chi connectivity index (χ4n) is 13.1. The van der Waals surface area contributed by atoms with E-state index in [1.165, 1.54) is 289 Å². The van der Waals surface area contributed by atoms with Gasteiger partial charge in [0.25, 0.3) is 0 Å². The molecular weight excluding hydrogens is 1160 g/mol. The van der Waals surface area contributed by atoms with E-state index in [-0.39, 0.29) is 18.9 Å². The Labute approximate surface area is 563 Å². The van der Waals surface area contributed by atoms with Gasteiger partial charge in [-0.15, -0.1) is 0 Å². The van der Waals surface area contributed by atoms with Gasteiger partial charge in [-0.2, -0.15) is 0 Å². The monoisotopic (exact) mass is 1310 g/mol. The first-order valence-electron chi connectivity index (χ1n) is 39.2. The van der Waals surface area contributed by atoms with Crippen molar-refractivity contribution in [2.24, 2.45) is 0 Å². The first-order valence-corrected chi connectivity index (χ1v) is 39.2. The van der Waals surface area contributed by atoms with Crippen LogP contribution in [0.25, 0.3) is 0 Å². The molecule has 12 atom stereocenters. The quantitative estimate of drug-likeness (QED) is 0.0204. The number of amides is 1. The van der Waals surface area contributed by atoms with Crippen molar-refractivity contribution in [3.8, 4) is 0 Å². The van der Waals surface area contributed by atoms with Crippen LogP contribution in [0.3, 0.4) is 0 Å². The molecule has 0 saturated carbocycles. The van der Waals surface area contributed by atoms with Gasteiger partial charge in [0.05, 0.1) is 32.0 Å². The maximum absolute atomic E-state index is 13.4. The zero-order valence-electron chi connectivity index (χ0n) is 59.3. The molecule has 0 aliphatic carbocycles. The van der Waals surface area contributed by atoms with E-state index in [4.69, 9.17) is 18.9 Å². The summed E-state index contributed by atoms with van der Waals surface area (Å²) in [6.07, 6.45) is 65.1. The van der Waals surface area contributed by atoms with Crippen molar-refractivity contribution in [3.63, 3.8) is 0 Å². The second kappa shape index (κ2) is 62.7. The third-order valence-electron chi connectivity index (χ3n) is 19.3. The van der Waals surface area contributed by atoms with Gasteiger partial charge < -0.3 is 65.1 Å². The van der Waals surface area contributed by atoms with E-state index >= 15 is 0 Å². The molecule has 2 aliphatic heterocycles. The topological polar surface area (TPSA) is 228 Å². The van der Waals surface area contributed by atoms with Gasteiger partial charge in [0.1, 0.15) is 48.8 Å². The van der Waals surface area contributed by atoms with Crippen LogP contribution < -0.4 is 5.32 Å². The van der Waals surface area contributed by atoms with E-state index in [0.717, 1.165) is 44.9 Å². The molecular formula is C78H147NO13. The van der Waals surface area contributed by atoms with Gasteiger partial charge in [0, 0.05) is 6.42 Å². The van der Waals surface area contributed by atoms with E-state index in [1.807, 2.05) is 6.08 Å². The van der Waals surface area contributed by atoms with Gasteiger partial charge in [0.15, 0.2) is 12.6 Å². The lowest BCUT2D eigenvalue weighted by Crippen LogP contribution is -2.65. The lowest BCUT2D eigenvalue weighted by atomic mass is 9.97. The molecule has 0 radical (unpaired) electrons. The van der Waals surface area contributed by atoms with Gasteiger partial charge in [-0.1, -0.05) is 339 Å². The Balaban J connectivity index is 1.60. The van der Waals surface area contributed by atoms with Crippen LogP contribution >= 0.6 is 0 Å². The molecule has 0 spiro atoms. The molecule has 2 heterocycles. The number of nitrogens with one attached hydrogen (secondary N) is 1. The van der Waals surface area contributed by atoms with Crippen molar-refractivity contribution >= 4 is 5.91 Å². The summed E-state index contributed by atoms with van der Waals surface area (Å²) in [5.74, 6) is -0.231. The number of ether oxygens (including phenoxy) is 4. The molecule has 0 aromatic carbocycles. The summed E-state index contributed by atoms with van der Waals surface area (Å²) in [6, 6.07) is -0.914. The van der Waals surface area contributed by atoms with E-state index in [0.29, 0.717) is 6.42 Å². The number of carbonyl (C=O) groups excluding carboxylic acids is 1. The number of carbonyl (C=O) groups is 1. The van der Waals surface area contributed by atoms with Crippen molar-refractivity contribution in [1.29, 1.82) is 0 Å². The molecule has 92 heavy (non-hydrogen) atoms. The zero-order valence-corrected chi connectivity index (χ0v) is 59.3. The summed E-state index contributed by atoms with van der Waals surface area (Å²) >= 11 is 0. The number of rotatable bonds is 66. The summed E-state index contributed by atoms with van der Waals surface area (Å²) in [5, 5.41) is 87.6. The zero-order chi connectivity index (χ0) is 66.6. The number of aliphatic hydroxyl groups excluding tert-OH is 8. The molecule has 0 aromatic heterocycles. The lowest BCUT2D eigenvalue weighted by molar-refractivity contribution is -0.359. The lowest BCUT2D eigenvalue weighted by Gasteiger charge is -2.46. The minimum atomic E-state index is -1.79. The molecule has 2 aliphatic rings. The summed E-state index contributed by atoms with van der Waals surface area (Å²) in [6.45, 7) is 2.85. The second-order valence-corrected chi connectivity index (χ2v) is 27.8. The number of hydrogen-bond donors (Lipinski definition) is 9. The molecule has 0 bridgehead atoms. The first kappa shape index (κ1) is 86.3. The first-order chi connectivity index (χ1) is 45.1. The Bertz CT molecular complexity index is 1680. The Morgan fingerprint density at radius 1 is 0.391 bits per heavy atom. The highest BCUT2D eigenvalue weighted by Crippen LogP contribution is 2.30. The van der Waals surface area contributed by atoms with Crippen LogP contribution in [0.15, 0.2) is 36.5 Å². The third-order valence-corrected chi connectivity index (χ3v) is 19.3. The number of aliphatic hydroxyl groups is 8. The maximum atomic E-state index is 13.4. The molecule has 1 amide bonds. The molecule has 14 nitrogen and oxygen atoms in total. The van der Waals surface area contributed by atoms with Crippen LogP contribution in [0.4, 0.5) is 0 Å². The Kier molecular flexibility index (Phi) is 58.8. The number of hydrogen-bond acceptors (Lipinski definition) is 13. The minimum Gasteiger partial charge on any atom is -0.394 e. The predicted octanol–water partition coefficient (Wildman–Crippen LogP) is 17.2. The summed E-state index contributed by atoms with van der Waals surface area (Å²) < 4.78 is 22.9. The summed E-state index contributed by atoms with van der Waals surface area (Å²) in [4.78, 5) is 13.4. The van der Waals surface area contributed by atoms with Crippen molar-refractivity contribution < 1.29 is 64.6 Å². The molecule has 12 unspecified atom stereocenters. The highest BCUT2D eigenvalue weighted by atomic mass is 16.7. The van der Waals surface area contributed by atoms with E-state index < -0.39 is 86.8 Å². The molecule has 542 valence electrons. The van der Waals surface area contributed by atoms with Crippen LogP contribution in [0.1, 0.15) is 361 Å². The van der Waals surface area contributed by atoms with Crippen LogP contribution in [0.5, 0.6) is 0 Å². The molecule has 14 heteroatoms. The van der Waals surface area contributed by atoms with Crippen LogP contribution in [0, 0.1) is 0 Å². The van der Waals surface area contributed by atoms with Crippen molar-refractivity contribution in [1.82, 2.24) is 5.32 Å². The van der Waals surface area contributed by atoms with Gasteiger partial charge >= 0.3 is 0 Å². The fourth-order valence-corrected chi connectivity index (χ4v) is 13.1. The minimum absolute atomic E-state index is 0.231. The average molecular weight is 1310 g/mol. The Hall–Kier alpha value is -1.79. The van der Waals surface area contributed by atoms with Gasteiger partial charge in [-0.3, -0.25) is 4.79 Å². The normalized spacial score (nSPS) is 22.8. The summed E-state index contributed by atoms with van der Waals surface area (Å²) in [5.41, 5.74) is 0. The van der Waals surface area contributed by atoms with Crippen molar-refractivity contribution in [2.45, 2.75) is 434 Å². The van der Waals surface area contributed by atoms with Crippen LogP contribution in [-0.4, -0.2) is 140 Å². The van der Waals surface area contributed by atoms with E-state index in [9.17, 15) is 45.6 Å². The van der Waals surface area contributed by atoms with Crippen molar-refractivity contribution in [2.75, 3.05) is 19.8 Å². The molecule has 2 saturated heterocycles. The molecule has 2 fully saturated rings. The molecule has 2 rings (SSSR count). The summed E-state index contributed by atoms with van der Waals surface area (Å²) in [7, 11) is 0. The highest BCUT2D eigenvalue weighted by Gasteiger charge is 2.51. The molecule has 0 aromatic rings. The van der Waals surface area contributed by atoms with Crippen molar-refractivity contribution in [3.05, 3.63) is 36.5 Å². The second-order valence-electron chi connectivity index (χ2n) is 27.8. The largest absolute Gasteiger partial charge is 0.394 e. The SMILES string of the molecule is CCCCCCC/C=C\C/C=C\CCCCCCCCCCCCCCCCCCCCCCCCCC(=O)NC(COC1OC(CO)C(OC2OC(CO)C(O)C(O)C2O)C(O)C1O)C(O)/C=C/CCCCCCCCCCCCCCCCCCCCCCC.